The Morgan fingerprint density at radius 3 is 2.43 bits per heavy atom. The third-order valence-electron chi connectivity index (χ3n) is 2.84. The summed E-state index contributed by atoms with van der Waals surface area (Å²) in [7, 11) is 0. The number of rotatable bonds is 3. The third kappa shape index (κ3) is 3.57. The van der Waals surface area contributed by atoms with Gasteiger partial charge in [-0.2, -0.15) is 13.2 Å². The lowest BCUT2D eigenvalue weighted by atomic mass is 10.1. The van der Waals surface area contributed by atoms with Gasteiger partial charge in [-0.15, -0.1) is 0 Å². The predicted molar refractivity (Wildman–Crippen MR) is 71.5 cm³/mol. The van der Waals surface area contributed by atoms with Gasteiger partial charge in [0.1, 0.15) is 0 Å². The molecule has 7 heteroatoms. The molecule has 3 N–H and O–H groups in total. The van der Waals surface area contributed by atoms with Crippen molar-refractivity contribution in [2.45, 2.75) is 12.7 Å². The quantitative estimate of drug-likeness (QED) is 0.915. The van der Waals surface area contributed by atoms with E-state index in [1.165, 1.54) is 36.7 Å². The summed E-state index contributed by atoms with van der Waals surface area (Å²) in [6.45, 7) is -0.229. The topological polar surface area (TPSA) is 68.0 Å². The number of carbonyl (C=O) groups excluding carboxylic acids is 1. The van der Waals surface area contributed by atoms with Crippen LogP contribution in [0.4, 0.5) is 18.9 Å². The van der Waals surface area contributed by atoms with Gasteiger partial charge >= 0.3 is 6.18 Å². The summed E-state index contributed by atoms with van der Waals surface area (Å²) in [6.07, 6.45) is -1.67. The number of amides is 1. The molecule has 0 bridgehead atoms. The van der Waals surface area contributed by atoms with Gasteiger partial charge in [0.15, 0.2) is 0 Å². The zero-order chi connectivity index (χ0) is 15.5. The second-order valence-corrected chi connectivity index (χ2v) is 4.26. The van der Waals surface area contributed by atoms with Crippen molar-refractivity contribution in [3.63, 3.8) is 0 Å². The van der Waals surface area contributed by atoms with Crippen LogP contribution in [0.25, 0.3) is 0 Å². The fourth-order valence-electron chi connectivity index (χ4n) is 1.80. The Balaban J connectivity index is 2.28. The van der Waals surface area contributed by atoms with Gasteiger partial charge in [0.05, 0.1) is 5.56 Å². The van der Waals surface area contributed by atoms with Gasteiger partial charge in [-0.05, 0) is 29.8 Å². The van der Waals surface area contributed by atoms with E-state index in [-0.39, 0.29) is 17.8 Å². The van der Waals surface area contributed by atoms with Crippen molar-refractivity contribution in [2.75, 3.05) is 5.32 Å². The number of anilines is 1. The first kappa shape index (κ1) is 15.0. The van der Waals surface area contributed by atoms with Gasteiger partial charge in [0, 0.05) is 30.2 Å². The molecule has 110 valence electrons. The van der Waals surface area contributed by atoms with Crippen molar-refractivity contribution < 1.29 is 18.0 Å². The maximum absolute atomic E-state index is 12.9. The van der Waals surface area contributed by atoms with Crippen molar-refractivity contribution in [1.82, 2.24) is 4.98 Å². The van der Waals surface area contributed by atoms with Gasteiger partial charge in [-0.1, -0.05) is 6.07 Å². The molecule has 0 saturated carbocycles. The summed E-state index contributed by atoms with van der Waals surface area (Å²) < 4.78 is 38.7. The Bertz CT molecular complexity index is 642. The van der Waals surface area contributed by atoms with Crippen LogP contribution >= 0.6 is 0 Å². The average Bonchev–Trinajstić information content (AvgIpc) is 2.47. The molecule has 2 aromatic rings. The van der Waals surface area contributed by atoms with Crippen LogP contribution in [0.5, 0.6) is 0 Å². The fraction of sp³-hybridized carbons (Fsp3) is 0.143. The summed E-state index contributed by atoms with van der Waals surface area (Å²) >= 11 is 0. The lowest BCUT2D eigenvalue weighted by Gasteiger charge is -2.14. The van der Waals surface area contributed by atoms with Crippen LogP contribution in [-0.4, -0.2) is 10.9 Å². The number of pyridine rings is 1. The second kappa shape index (κ2) is 5.92. The molecule has 1 aromatic carbocycles. The lowest BCUT2D eigenvalue weighted by Crippen LogP contribution is -2.15. The lowest BCUT2D eigenvalue weighted by molar-refractivity contribution is -0.138. The molecule has 4 nitrogen and oxygen atoms in total. The van der Waals surface area contributed by atoms with E-state index in [9.17, 15) is 18.0 Å². The van der Waals surface area contributed by atoms with Crippen LogP contribution in [0.1, 0.15) is 21.5 Å². The number of carbonyl (C=O) groups is 1. The highest BCUT2D eigenvalue weighted by Gasteiger charge is 2.33. The van der Waals surface area contributed by atoms with Crippen LogP contribution in [0.2, 0.25) is 0 Å². The van der Waals surface area contributed by atoms with E-state index >= 15 is 0 Å². The molecule has 0 aliphatic carbocycles. The summed E-state index contributed by atoms with van der Waals surface area (Å²) in [5.74, 6) is -0.508. The molecule has 0 aliphatic heterocycles. The molecule has 0 atom stereocenters. The molecule has 21 heavy (non-hydrogen) atoms. The summed E-state index contributed by atoms with van der Waals surface area (Å²) in [4.78, 5) is 15.6. The minimum Gasteiger partial charge on any atom is -0.326 e. The van der Waals surface area contributed by atoms with Crippen LogP contribution in [0, 0.1) is 0 Å². The number of aromatic nitrogens is 1. The van der Waals surface area contributed by atoms with E-state index in [1.807, 2.05) is 0 Å². The van der Waals surface area contributed by atoms with Crippen LogP contribution in [0.15, 0.2) is 42.7 Å². The Labute approximate surface area is 118 Å². The van der Waals surface area contributed by atoms with E-state index < -0.39 is 17.6 Å². The van der Waals surface area contributed by atoms with Gasteiger partial charge in [0.25, 0.3) is 5.91 Å². The number of hydrogen-bond acceptors (Lipinski definition) is 3. The largest absolute Gasteiger partial charge is 0.416 e. The van der Waals surface area contributed by atoms with Crippen LogP contribution < -0.4 is 11.1 Å². The first-order valence-corrected chi connectivity index (χ1v) is 6.03. The molecule has 0 aliphatic rings. The zero-order valence-corrected chi connectivity index (χ0v) is 10.8. The van der Waals surface area contributed by atoms with Crippen LogP contribution in [0.3, 0.4) is 0 Å². The van der Waals surface area contributed by atoms with Crippen molar-refractivity contribution in [2.24, 2.45) is 5.73 Å². The zero-order valence-electron chi connectivity index (χ0n) is 10.8. The number of nitrogens with zero attached hydrogens (tertiary/aromatic N) is 1. The van der Waals surface area contributed by atoms with E-state index in [4.69, 9.17) is 5.73 Å². The second-order valence-electron chi connectivity index (χ2n) is 4.26. The standard InChI is InChI=1S/C14H12F3N3O/c15-14(16,17)12-7-11(2-1-10(12)8-18)20-13(21)9-3-5-19-6-4-9/h1-7H,8,18H2,(H,20,21). The predicted octanol–water partition coefficient (Wildman–Crippen LogP) is 2.81. The summed E-state index contributed by atoms with van der Waals surface area (Å²) in [6, 6.07) is 6.45. The highest BCUT2D eigenvalue weighted by Crippen LogP contribution is 2.33. The molecule has 0 spiro atoms. The molecule has 0 radical (unpaired) electrons. The fourth-order valence-corrected chi connectivity index (χ4v) is 1.80. The molecule has 0 saturated heterocycles. The van der Waals surface area contributed by atoms with Crippen LogP contribution in [-0.2, 0) is 12.7 Å². The number of nitrogens with one attached hydrogen (secondary N) is 1. The number of hydrogen-bond donors (Lipinski definition) is 2. The molecular weight excluding hydrogens is 283 g/mol. The maximum atomic E-state index is 12.9. The van der Waals surface area contributed by atoms with E-state index in [1.54, 1.807) is 0 Å². The minimum atomic E-state index is -4.52. The monoisotopic (exact) mass is 295 g/mol. The van der Waals surface area contributed by atoms with Gasteiger partial charge < -0.3 is 11.1 Å². The van der Waals surface area contributed by atoms with E-state index in [0.29, 0.717) is 5.56 Å². The van der Waals surface area contributed by atoms with Crippen molar-refractivity contribution >= 4 is 11.6 Å². The molecule has 2 rings (SSSR count). The van der Waals surface area contributed by atoms with Gasteiger partial charge in [0.2, 0.25) is 0 Å². The molecule has 0 unspecified atom stereocenters. The smallest absolute Gasteiger partial charge is 0.326 e. The van der Waals surface area contributed by atoms with E-state index in [0.717, 1.165) is 6.07 Å². The Kier molecular flexibility index (Phi) is 4.23. The summed E-state index contributed by atoms with van der Waals surface area (Å²) in [5.41, 5.74) is 4.79. The Morgan fingerprint density at radius 2 is 1.86 bits per heavy atom. The number of benzene rings is 1. The highest BCUT2D eigenvalue weighted by molar-refractivity contribution is 6.04. The normalized spacial score (nSPS) is 11.2. The maximum Gasteiger partial charge on any atom is 0.416 e. The van der Waals surface area contributed by atoms with Crippen molar-refractivity contribution in [3.05, 3.63) is 59.4 Å². The molecule has 1 amide bonds. The molecule has 0 fully saturated rings. The molecular formula is C14H12F3N3O. The first-order chi connectivity index (χ1) is 9.91. The Hall–Kier alpha value is -2.41. The number of halogens is 3. The Morgan fingerprint density at radius 1 is 1.19 bits per heavy atom. The molecule has 1 heterocycles. The summed E-state index contributed by atoms with van der Waals surface area (Å²) in [5, 5.41) is 2.41. The first-order valence-electron chi connectivity index (χ1n) is 6.03. The highest BCUT2D eigenvalue weighted by atomic mass is 19.4. The average molecular weight is 295 g/mol. The van der Waals surface area contributed by atoms with Gasteiger partial charge in [-0.25, -0.2) is 0 Å². The minimum absolute atomic E-state index is 0.0237. The van der Waals surface area contributed by atoms with E-state index in [2.05, 4.69) is 10.3 Å². The molecule has 1 aromatic heterocycles. The van der Waals surface area contributed by atoms with Crippen molar-refractivity contribution in [1.29, 1.82) is 0 Å². The van der Waals surface area contributed by atoms with Gasteiger partial charge in [-0.3, -0.25) is 9.78 Å². The number of nitrogens with two attached hydrogens (primary N) is 1. The van der Waals surface area contributed by atoms with Crippen molar-refractivity contribution in [3.8, 4) is 0 Å². The SMILES string of the molecule is NCc1ccc(NC(=O)c2ccncc2)cc1C(F)(F)F. The number of alkyl halides is 3. The third-order valence-corrected chi connectivity index (χ3v) is 2.84.